The fourth-order valence-electron chi connectivity index (χ4n) is 1.62. The molecule has 0 spiro atoms. The van der Waals surface area contributed by atoms with E-state index in [-0.39, 0.29) is 12.7 Å². The van der Waals surface area contributed by atoms with E-state index in [2.05, 4.69) is 11.3 Å². The summed E-state index contributed by atoms with van der Waals surface area (Å²) in [6.07, 6.45) is 1.18. The molecule has 0 saturated carbocycles. The molecular formula is C8H8O4. The molecule has 0 N–H and O–H groups in total. The van der Waals surface area contributed by atoms with Gasteiger partial charge in [-0.2, -0.15) is 0 Å². The summed E-state index contributed by atoms with van der Waals surface area (Å²) in [7, 11) is 0. The van der Waals surface area contributed by atoms with Crippen molar-refractivity contribution in [1.82, 2.24) is 0 Å². The quantitative estimate of drug-likeness (QED) is 0.311. The van der Waals surface area contributed by atoms with Crippen molar-refractivity contribution < 1.29 is 19.1 Å². The Morgan fingerprint density at radius 3 is 2.83 bits per heavy atom. The second kappa shape index (κ2) is 2.42. The monoisotopic (exact) mass is 168 g/mol. The Hall–Kier alpha value is -1.16. The van der Waals surface area contributed by atoms with Crippen LogP contribution in [0.4, 0.5) is 0 Å². The average molecular weight is 168 g/mol. The number of esters is 2. The number of hydrogen-bond donors (Lipinski definition) is 0. The van der Waals surface area contributed by atoms with Gasteiger partial charge in [0.15, 0.2) is 0 Å². The predicted molar refractivity (Wildman–Crippen MR) is 38.0 cm³/mol. The Morgan fingerprint density at radius 1 is 1.42 bits per heavy atom. The molecule has 4 nitrogen and oxygen atoms in total. The van der Waals surface area contributed by atoms with Gasteiger partial charge in [0.25, 0.3) is 0 Å². The van der Waals surface area contributed by atoms with Gasteiger partial charge in [0.05, 0.1) is 18.6 Å². The van der Waals surface area contributed by atoms with Crippen molar-refractivity contribution >= 4 is 11.9 Å². The lowest BCUT2D eigenvalue weighted by molar-refractivity contribution is -0.156. The van der Waals surface area contributed by atoms with Gasteiger partial charge in [0, 0.05) is 0 Å². The molecule has 2 saturated heterocycles. The van der Waals surface area contributed by atoms with Gasteiger partial charge < -0.3 is 9.47 Å². The Bertz CT molecular complexity index is 258. The van der Waals surface area contributed by atoms with Gasteiger partial charge in [-0.3, -0.25) is 9.59 Å². The van der Waals surface area contributed by atoms with Gasteiger partial charge in [0.1, 0.15) is 5.92 Å². The number of hydrogen-bond acceptors (Lipinski definition) is 4. The molecule has 2 heterocycles. The first kappa shape index (κ1) is 7.49. The summed E-state index contributed by atoms with van der Waals surface area (Å²) in [5, 5.41) is 0. The molecule has 0 aromatic heterocycles. The van der Waals surface area contributed by atoms with Crippen molar-refractivity contribution in [3.8, 4) is 0 Å². The molecular weight excluding hydrogens is 160 g/mol. The molecule has 2 rings (SSSR count). The van der Waals surface area contributed by atoms with Gasteiger partial charge in [-0.25, -0.2) is 0 Å². The van der Waals surface area contributed by atoms with E-state index in [9.17, 15) is 9.59 Å². The molecule has 2 aliphatic rings. The van der Waals surface area contributed by atoms with Gasteiger partial charge in [-0.05, 0) is 0 Å². The number of rotatable bonds is 1. The number of carbonyl (C=O) groups excluding carboxylic acids is 2. The van der Waals surface area contributed by atoms with E-state index in [0.29, 0.717) is 0 Å². The Kier molecular flexibility index (Phi) is 1.51. The number of carbonyl (C=O) groups is 2. The van der Waals surface area contributed by atoms with Gasteiger partial charge in [0.2, 0.25) is 0 Å². The van der Waals surface area contributed by atoms with Gasteiger partial charge in [-0.1, -0.05) is 6.08 Å². The molecule has 4 heteroatoms. The predicted octanol–water partition coefficient (Wildman–Crippen LogP) is -0.113. The molecule has 3 unspecified atom stereocenters. The summed E-state index contributed by atoms with van der Waals surface area (Å²) in [4.78, 5) is 22.0. The number of ether oxygens (including phenoxy) is 2. The zero-order valence-electron chi connectivity index (χ0n) is 6.36. The van der Waals surface area contributed by atoms with E-state index < -0.39 is 23.8 Å². The highest BCUT2D eigenvalue weighted by molar-refractivity contribution is 5.97. The van der Waals surface area contributed by atoms with Crippen LogP contribution in [0.25, 0.3) is 0 Å². The third-order valence-corrected chi connectivity index (χ3v) is 2.26. The fourth-order valence-corrected chi connectivity index (χ4v) is 1.62. The van der Waals surface area contributed by atoms with E-state index >= 15 is 0 Å². The van der Waals surface area contributed by atoms with E-state index in [1.165, 1.54) is 6.08 Å². The third-order valence-electron chi connectivity index (χ3n) is 2.26. The van der Waals surface area contributed by atoms with Crippen LogP contribution in [0.15, 0.2) is 12.7 Å². The highest BCUT2D eigenvalue weighted by atomic mass is 16.6. The van der Waals surface area contributed by atoms with Gasteiger partial charge >= 0.3 is 11.9 Å². The maximum absolute atomic E-state index is 11.1. The van der Waals surface area contributed by atoms with Crippen molar-refractivity contribution in [3.63, 3.8) is 0 Å². The summed E-state index contributed by atoms with van der Waals surface area (Å²) in [5.74, 6) is -1.79. The minimum Gasteiger partial charge on any atom is -0.393 e. The molecule has 64 valence electrons. The molecule has 0 bridgehead atoms. The maximum atomic E-state index is 11.1. The Balaban J connectivity index is 2.28. The zero-order valence-corrected chi connectivity index (χ0v) is 6.36. The number of fused-ring (bicyclic) bond motifs is 1. The van der Waals surface area contributed by atoms with E-state index in [4.69, 9.17) is 4.74 Å². The van der Waals surface area contributed by atoms with Crippen LogP contribution < -0.4 is 0 Å². The molecule has 12 heavy (non-hydrogen) atoms. The summed E-state index contributed by atoms with van der Waals surface area (Å²) >= 11 is 0. The fraction of sp³-hybridized carbons (Fsp3) is 0.500. The topological polar surface area (TPSA) is 52.6 Å². The van der Waals surface area contributed by atoms with E-state index in [1.807, 2.05) is 0 Å². The smallest absolute Gasteiger partial charge is 0.320 e. The summed E-state index contributed by atoms with van der Waals surface area (Å²) in [6, 6.07) is 0. The molecule has 0 aliphatic carbocycles. The lowest BCUT2D eigenvalue weighted by Gasteiger charge is -2.06. The minimum atomic E-state index is -0.479. The molecule has 0 aromatic rings. The van der Waals surface area contributed by atoms with E-state index in [1.54, 1.807) is 0 Å². The zero-order chi connectivity index (χ0) is 8.72. The van der Waals surface area contributed by atoms with Crippen molar-refractivity contribution in [2.75, 3.05) is 6.61 Å². The van der Waals surface area contributed by atoms with Gasteiger partial charge in [-0.15, -0.1) is 6.58 Å². The van der Waals surface area contributed by atoms with Crippen LogP contribution in [0, 0.1) is 11.8 Å². The SMILES string of the molecule is C=CC1OCC2C(=O)OC(=O)C12. The third kappa shape index (κ3) is 0.814. The van der Waals surface area contributed by atoms with Crippen molar-refractivity contribution in [3.05, 3.63) is 12.7 Å². The standard InChI is InChI=1S/C8H8O4/c1-2-5-6-4(3-11-5)7(9)12-8(6)10/h2,4-6H,1,3H2. The maximum Gasteiger partial charge on any atom is 0.320 e. The average Bonchev–Trinajstić information content (AvgIpc) is 2.55. The second-order valence-corrected chi connectivity index (χ2v) is 2.91. The Labute approximate surface area is 69.1 Å². The highest BCUT2D eigenvalue weighted by Gasteiger charge is 2.52. The minimum absolute atomic E-state index is 0.270. The number of cyclic esters (lactones) is 2. The van der Waals surface area contributed by atoms with Crippen LogP contribution in [-0.2, 0) is 19.1 Å². The van der Waals surface area contributed by atoms with Crippen LogP contribution in [0.2, 0.25) is 0 Å². The normalized spacial score (nSPS) is 39.5. The lowest BCUT2D eigenvalue weighted by Crippen LogP contribution is -2.21. The van der Waals surface area contributed by atoms with Crippen LogP contribution in [0.3, 0.4) is 0 Å². The van der Waals surface area contributed by atoms with Crippen LogP contribution >= 0.6 is 0 Å². The Morgan fingerprint density at radius 2 is 2.17 bits per heavy atom. The van der Waals surface area contributed by atoms with E-state index in [0.717, 1.165) is 0 Å². The molecule has 2 fully saturated rings. The van der Waals surface area contributed by atoms with Crippen LogP contribution in [-0.4, -0.2) is 24.6 Å². The summed E-state index contributed by atoms with van der Waals surface area (Å²) in [6.45, 7) is 3.79. The molecule has 2 aliphatic heterocycles. The van der Waals surface area contributed by atoms with Crippen LogP contribution in [0.1, 0.15) is 0 Å². The van der Waals surface area contributed by atoms with Crippen molar-refractivity contribution in [2.45, 2.75) is 6.10 Å². The van der Waals surface area contributed by atoms with Crippen molar-refractivity contribution in [2.24, 2.45) is 11.8 Å². The summed E-state index contributed by atoms with van der Waals surface area (Å²) < 4.78 is 9.62. The summed E-state index contributed by atoms with van der Waals surface area (Å²) in [5.41, 5.74) is 0. The first-order valence-corrected chi connectivity index (χ1v) is 3.73. The molecule has 0 amide bonds. The lowest BCUT2D eigenvalue weighted by atomic mass is 9.93. The first-order chi connectivity index (χ1) is 5.74. The molecule has 0 aromatic carbocycles. The second-order valence-electron chi connectivity index (χ2n) is 2.91. The molecule has 0 radical (unpaired) electrons. The first-order valence-electron chi connectivity index (χ1n) is 3.73. The molecule has 3 atom stereocenters. The van der Waals surface area contributed by atoms with Crippen molar-refractivity contribution in [1.29, 1.82) is 0 Å². The highest BCUT2D eigenvalue weighted by Crippen LogP contribution is 2.34. The van der Waals surface area contributed by atoms with Crippen LogP contribution in [0.5, 0.6) is 0 Å². The largest absolute Gasteiger partial charge is 0.393 e.